The lowest BCUT2D eigenvalue weighted by Crippen LogP contribution is -2.33. The maximum Gasteiger partial charge on any atom is 0.151 e. The lowest BCUT2D eigenvalue weighted by molar-refractivity contribution is 0.314. The molecule has 0 aliphatic rings. The first-order chi connectivity index (χ1) is 6.93. The first-order valence-electron chi connectivity index (χ1n) is 4.81. The molecular weight excluding hydrogens is 218 g/mol. The fourth-order valence-corrected chi connectivity index (χ4v) is 1.64. The third kappa shape index (κ3) is 6.29. The van der Waals surface area contributed by atoms with Crippen LogP contribution in [-0.4, -0.2) is 44.1 Å². The summed E-state index contributed by atoms with van der Waals surface area (Å²) in [5.41, 5.74) is 5.35. The van der Waals surface area contributed by atoms with Crippen LogP contribution in [0, 0.1) is 5.92 Å². The van der Waals surface area contributed by atoms with Gasteiger partial charge in [-0.25, -0.2) is 8.42 Å². The van der Waals surface area contributed by atoms with Crippen molar-refractivity contribution in [2.45, 2.75) is 13.8 Å². The Kier molecular flexibility index (Phi) is 6.26. The summed E-state index contributed by atoms with van der Waals surface area (Å²) in [4.78, 5) is 0. The molecule has 90 valence electrons. The van der Waals surface area contributed by atoms with Gasteiger partial charge in [0.1, 0.15) is 5.84 Å². The number of nitrogens with zero attached hydrogens (tertiary/aromatic N) is 1. The molecule has 0 radical (unpaired) electrons. The molecule has 4 N–H and O–H groups in total. The van der Waals surface area contributed by atoms with Crippen molar-refractivity contribution in [3.8, 4) is 0 Å². The molecule has 0 aromatic carbocycles. The van der Waals surface area contributed by atoms with Crippen LogP contribution in [0.5, 0.6) is 0 Å². The smallest absolute Gasteiger partial charge is 0.151 e. The van der Waals surface area contributed by atoms with Gasteiger partial charge in [0.15, 0.2) is 9.84 Å². The first kappa shape index (κ1) is 14.2. The maximum absolute atomic E-state index is 11.1. The van der Waals surface area contributed by atoms with Gasteiger partial charge in [0, 0.05) is 24.8 Å². The number of nitrogens with one attached hydrogen (secondary N) is 1. The predicted molar refractivity (Wildman–Crippen MR) is 59.8 cm³/mol. The Morgan fingerprint density at radius 1 is 1.60 bits per heavy atom. The Balaban J connectivity index is 3.73. The minimum absolute atomic E-state index is 0.112. The van der Waals surface area contributed by atoms with Gasteiger partial charge in [-0.1, -0.05) is 19.0 Å². The van der Waals surface area contributed by atoms with Crippen molar-refractivity contribution < 1.29 is 13.6 Å². The van der Waals surface area contributed by atoms with Crippen LogP contribution in [0.1, 0.15) is 13.8 Å². The molecule has 0 saturated carbocycles. The van der Waals surface area contributed by atoms with Crippen LogP contribution < -0.4 is 11.1 Å². The van der Waals surface area contributed by atoms with Gasteiger partial charge in [-0.2, -0.15) is 0 Å². The summed E-state index contributed by atoms with van der Waals surface area (Å²) in [6, 6.07) is 0. The molecule has 6 nitrogen and oxygen atoms in total. The Hall–Kier alpha value is -0.820. The van der Waals surface area contributed by atoms with E-state index in [-0.39, 0.29) is 23.3 Å². The quantitative estimate of drug-likeness (QED) is 0.180. The molecule has 0 aromatic heterocycles. The van der Waals surface area contributed by atoms with Gasteiger partial charge >= 0.3 is 0 Å². The van der Waals surface area contributed by atoms with E-state index in [1.165, 1.54) is 0 Å². The molecule has 7 heteroatoms. The second kappa shape index (κ2) is 6.62. The molecule has 0 heterocycles. The highest BCUT2D eigenvalue weighted by Gasteiger charge is 2.09. The Bertz CT molecular complexity index is 300. The minimum Gasteiger partial charge on any atom is -0.409 e. The maximum atomic E-state index is 11.1. The first-order valence-corrected chi connectivity index (χ1v) is 6.63. The molecule has 0 aliphatic carbocycles. The largest absolute Gasteiger partial charge is 0.409 e. The van der Waals surface area contributed by atoms with E-state index in [2.05, 4.69) is 10.5 Å². The van der Waals surface area contributed by atoms with Crippen LogP contribution in [0.3, 0.4) is 0 Å². The molecule has 0 aliphatic heterocycles. The number of hydrogen-bond donors (Lipinski definition) is 3. The Morgan fingerprint density at radius 2 is 2.20 bits per heavy atom. The van der Waals surface area contributed by atoms with Crippen molar-refractivity contribution in [1.29, 1.82) is 0 Å². The summed E-state index contributed by atoms with van der Waals surface area (Å²) in [5, 5.41) is 14.2. The van der Waals surface area contributed by atoms with Crippen LogP contribution in [0.25, 0.3) is 0 Å². The van der Waals surface area contributed by atoms with E-state index in [9.17, 15) is 8.42 Å². The van der Waals surface area contributed by atoms with E-state index in [1.807, 2.05) is 0 Å². The zero-order valence-electron chi connectivity index (χ0n) is 9.10. The van der Waals surface area contributed by atoms with Crippen molar-refractivity contribution in [2.75, 3.05) is 24.6 Å². The number of hydrogen-bond acceptors (Lipinski definition) is 5. The fraction of sp³-hybridized carbons (Fsp3) is 0.875. The lowest BCUT2D eigenvalue weighted by atomic mass is 10.1. The summed E-state index contributed by atoms with van der Waals surface area (Å²) in [5.74, 6) is 0.303. The molecule has 0 aromatic rings. The van der Waals surface area contributed by atoms with E-state index in [0.717, 1.165) is 0 Å². The average Bonchev–Trinajstić information content (AvgIpc) is 2.22. The molecule has 0 rings (SSSR count). The molecule has 1 unspecified atom stereocenters. The van der Waals surface area contributed by atoms with E-state index >= 15 is 0 Å². The highest BCUT2D eigenvalue weighted by molar-refractivity contribution is 7.91. The second-order valence-electron chi connectivity index (χ2n) is 3.37. The topological polar surface area (TPSA) is 105 Å². The van der Waals surface area contributed by atoms with Crippen molar-refractivity contribution in [3.05, 3.63) is 0 Å². The van der Waals surface area contributed by atoms with Crippen molar-refractivity contribution in [2.24, 2.45) is 16.8 Å². The van der Waals surface area contributed by atoms with Gasteiger partial charge in [0.05, 0.1) is 5.75 Å². The second-order valence-corrected chi connectivity index (χ2v) is 5.84. The molecule has 0 fully saturated rings. The Labute approximate surface area is 90.5 Å². The molecule has 0 saturated heterocycles. The van der Waals surface area contributed by atoms with Gasteiger partial charge in [0.25, 0.3) is 0 Å². The number of nitrogens with two attached hydrogens (primary N) is 1. The monoisotopic (exact) mass is 237 g/mol. The molecule has 1 atom stereocenters. The summed E-state index contributed by atoms with van der Waals surface area (Å²) >= 11 is 0. The summed E-state index contributed by atoms with van der Waals surface area (Å²) < 4.78 is 22.2. The lowest BCUT2D eigenvalue weighted by Gasteiger charge is -2.10. The van der Waals surface area contributed by atoms with Crippen LogP contribution in [0.15, 0.2) is 5.16 Å². The molecule has 0 bridgehead atoms. The number of rotatable bonds is 7. The molecule has 0 amide bonds. The van der Waals surface area contributed by atoms with E-state index in [0.29, 0.717) is 13.1 Å². The zero-order valence-corrected chi connectivity index (χ0v) is 9.92. The van der Waals surface area contributed by atoms with Crippen LogP contribution in [0.2, 0.25) is 0 Å². The van der Waals surface area contributed by atoms with E-state index in [4.69, 9.17) is 10.9 Å². The molecular formula is C8H19N3O3S. The number of oxime groups is 1. The number of sulfone groups is 1. The zero-order chi connectivity index (χ0) is 11.9. The van der Waals surface area contributed by atoms with E-state index < -0.39 is 9.84 Å². The van der Waals surface area contributed by atoms with Crippen molar-refractivity contribution >= 4 is 15.7 Å². The van der Waals surface area contributed by atoms with Gasteiger partial charge in [-0.3, -0.25) is 0 Å². The average molecular weight is 237 g/mol. The van der Waals surface area contributed by atoms with Crippen LogP contribution >= 0.6 is 0 Å². The highest BCUT2D eigenvalue weighted by atomic mass is 32.2. The predicted octanol–water partition coefficient (Wildman–Crippen LogP) is -0.607. The van der Waals surface area contributed by atoms with Gasteiger partial charge < -0.3 is 16.3 Å². The van der Waals surface area contributed by atoms with Crippen molar-refractivity contribution in [3.63, 3.8) is 0 Å². The fourth-order valence-electron chi connectivity index (χ4n) is 0.894. The standard InChI is InChI=1S/C8H19N3O3S/c1-3-15(13,14)5-4-10-6-7(2)8(9)11-12/h7,10,12H,3-6H2,1-2H3,(H2,9,11). The van der Waals surface area contributed by atoms with Gasteiger partial charge in [-0.05, 0) is 0 Å². The van der Waals surface area contributed by atoms with Crippen molar-refractivity contribution in [1.82, 2.24) is 5.32 Å². The summed E-state index contributed by atoms with van der Waals surface area (Å²) in [6.45, 7) is 4.29. The summed E-state index contributed by atoms with van der Waals surface area (Å²) in [6.07, 6.45) is 0. The Morgan fingerprint density at radius 3 is 2.67 bits per heavy atom. The molecule has 15 heavy (non-hydrogen) atoms. The van der Waals surface area contributed by atoms with E-state index in [1.54, 1.807) is 13.8 Å². The van der Waals surface area contributed by atoms with Crippen LogP contribution in [0.4, 0.5) is 0 Å². The normalized spacial score (nSPS) is 15.2. The van der Waals surface area contributed by atoms with Gasteiger partial charge in [-0.15, -0.1) is 0 Å². The SMILES string of the molecule is CCS(=O)(=O)CCNCC(C)C(N)=NO. The third-order valence-corrected chi connectivity index (χ3v) is 3.81. The third-order valence-electron chi connectivity index (χ3n) is 2.10. The molecule has 0 spiro atoms. The number of amidine groups is 1. The van der Waals surface area contributed by atoms with Crippen LogP contribution in [-0.2, 0) is 9.84 Å². The minimum atomic E-state index is -2.92. The highest BCUT2D eigenvalue weighted by Crippen LogP contribution is 1.92. The van der Waals surface area contributed by atoms with Gasteiger partial charge in [0.2, 0.25) is 0 Å². The summed E-state index contributed by atoms with van der Waals surface area (Å²) in [7, 11) is -2.92.